The lowest BCUT2D eigenvalue weighted by molar-refractivity contribution is 0.0763. The molecule has 2 aromatic rings. The minimum Gasteiger partial charge on any atom is -0.386 e. The molecule has 0 aliphatic rings. The van der Waals surface area contributed by atoms with E-state index in [2.05, 4.69) is 16.2 Å². The van der Waals surface area contributed by atoms with Crippen molar-refractivity contribution in [3.05, 3.63) is 59.7 Å². The van der Waals surface area contributed by atoms with Crippen LogP contribution >= 0.6 is 0 Å². The zero-order chi connectivity index (χ0) is 13.9. The zero-order valence-corrected chi connectivity index (χ0v) is 11.0. The Morgan fingerprint density at radius 1 is 1.26 bits per heavy atom. The van der Waals surface area contributed by atoms with E-state index in [1.165, 1.54) is 0 Å². The average molecular weight is 257 g/mol. The molecule has 0 bridgehead atoms. The zero-order valence-electron chi connectivity index (χ0n) is 11.0. The summed E-state index contributed by atoms with van der Waals surface area (Å²) in [6.45, 7) is 3.40. The molecule has 2 aromatic heterocycles. The van der Waals surface area contributed by atoms with Crippen LogP contribution in [0.1, 0.15) is 36.8 Å². The third-order valence-electron chi connectivity index (χ3n) is 2.93. The van der Waals surface area contributed by atoms with Gasteiger partial charge in [-0.1, -0.05) is 6.07 Å². The van der Waals surface area contributed by atoms with Gasteiger partial charge < -0.3 is 10.2 Å². The number of hydrogen-bond acceptors (Lipinski definition) is 4. The van der Waals surface area contributed by atoms with Gasteiger partial charge in [0.2, 0.25) is 0 Å². The number of aliphatic hydroxyl groups excluding tert-OH is 1. The summed E-state index contributed by atoms with van der Waals surface area (Å²) in [5, 5.41) is 20.3. The highest BCUT2D eigenvalue weighted by Gasteiger charge is 2.22. The van der Waals surface area contributed by atoms with Gasteiger partial charge >= 0.3 is 0 Å². The fraction of sp³-hybridized carbons (Fsp3) is 0.333. The lowest BCUT2D eigenvalue weighted by Gasteiger charge is -2.22. The molecule has 0 aliphatic heterocycles. The molecule has 2 rings (SSSR count). The van der Waals surface area contributed by atoms with Gasteiger partial charge in [0.05, 0.1) is 17.5 Å². The average Bonchev–Trinajstić information content (AvgIpc) is 2.39. The van der Waals surface area contributed by atoms with Gasteiger partial charge in [0.25, 0.3) is 0 Å². The quantitative estimate of drug-likeness (QED) is 0.876. The maximum absolute atomic E-state index is 10.2. The number of aliphatic hydroxyl groups is 2. The van der Waals surface area contributed by atoms with Crippen LogP contribution in [0.2, 0.25) is 0 Å². The Bertz CT molecular complexity index is 535. The van der Waals surface area contributed by atoms with Crippen molar-refractivity contribution in [2.45, 2.75) is 32.0 Å². The molecule has 99 valence electrons. The van der Waals surface area contributed by atoms with Crippen molar-refractivity contribution in [2.75, 3.05) is 0 Å². The Hall–Kier alpha value is -1.78. The van der Waals surface area contributed by atoms with Crippen molar-refractivity contribution in [2.24, 2.45) is 0 Å². The third-order valence-corrected chi connectivity index (χ3v) is 2.93. The monoisotopic (exact) mass is 257 g/mol. The van der Waals surface area contributed by atoms with Gasteiger partial charge in [-0.2, -0.15) is 0 Å². The third kappa shape index (κ3) is 3.36. The van der Waals surface area contributed by atoms with Crippen molar-refractivity contribution in [3.8, 4) is 0 Å². The number of aromatic nitrogens is 2. The highest BCUT2D eigenvalue weighted by atomic mass is 16.3. The first-order chi connectivity index (χ1) is 8.98. The predicted octanol–water partition coefficient (Wildman–Crippen LogP) is 1.78. The molecule has 0 spiro atoms. The topological polar surface area (TPSA) is 66.2 Å². The fourth-order valence-corrected chi connectivity index (χ4v) is 1.99. The smallest absolute Gasteiger partial charge is 0.100 e. The molecule has 4 heteroatoms. The van der Waals surface area contributed by atoms with Crippen LogP contribution in [-0.4, -0.2) is 20.2 Å². The van der Waals surface area contributed by atoms with Crippen molar-refractivity contribution < 1.29 is 10.2 Å². The van der Waals surface area contributed by atoms with Gasteiger partial charge in [0.1, 0.15) is 6.10 Å². The summed E-state index contributed by atoms with van der Waals surface area (Å²) in [6.07, 6.45) is 5.66. The Balaban J connectivity index is 2.25. The second-order valence-electron chi connectivity index (χ2n) is 4.98. The van der Waals surface area contributed by atoms with Gasteiger partial charge in [-0.15, -0.1) is 0 Å². The molecular weight excluding hydrogens is 240 g/mol. The Morgan fingerprint density at radius 3 is 2.68 bits per heavy atom. The van der Waals surface area contributed by atoms with E-state index in [9.17, 15) is 10.2 Å². The van der Waals surface area contributed by atoms with E-state index in [0.717, 1.165) is 5.56 Å². The molecule has 0 saturated carbocycles. The standard InChI is InChI=1S/C15H17N2O2/c1-15(2,19)12-6-8-16-10-11(12)9-14(18)13-5-3-4-7-17-13/h3-8,14,18-19H,9H2,1-2H3. The molecule has 2 N–H and O–H groups in total. The second-order valence-corrected chi connectivity index (χ2v) is 4.98. The molecule has 0 saturated heterocycles. The van der Waals surface area contributed by atoms with Crippen molar-refractivity contribution in [1.82, 2.24) is 9.97 Å². The molecule has 0 fully saturated rings. The maximum atomic E-state index is 10.2. The van der Waals surface area contributed by atoms with E-state index >= 15 is 0 Å². The van der Waals surface area contributed by atoms with E-state index in [1.807, 2.05) is 6.07 Å². The van der Waals surface area contributed by atoms with Crippen LogP contribution in [0.25, 0.3) is 0 Å². The van der Waals surface area contributed by atoms with Crippen LogP contribution in [-0.2, 0) is 12.0 Å². The molecule has 1 radical (unpaired) electrons. The first kappa shape index (κ1) is 13.6. The molecule has 4 nitrogen and oxygen atoms in total. The Kier molecular flexibility index (Phi) is 3.93. The minimum absolute atomic E-state index is 0.324. The summed E-state index contributed by atoms with van der Waals surface area (Å²) < 4.78 is 0. The van der Waals surface area contributed by atoms with Crippen LogP contribution in [0, 0.1) is 6.20 Å². The van der Waals surface area contributed by atoms with Crippen LogP contribution in [0.3, 0.4) is 0 Å². The summed E-state index contributed by atoms with van der Waals surface area (Å²) in [5.74, 6) is 0. The molecule has 1 atom stereocenters. The predicted molar refractivity (Wildman–Crippen MR) is 71.2 cm³/mol. The summed E-state index contributed by atoms with van der Waals surface area (Å²) in [7, 11) is 0. The van der Waals surface area contributed by atoms with E-state index in [1.54, 1.807) is 44.4 Å². The highest BCUT2D eigenvalue weighted by Crippen LogP contribution is 2.26. The summed E-state index contributed by atoms with van der Waals surface area (Å²) in [6, 6.07) is 7.14. The molecular formula is C15H17N2O2. The van der Waals surface area contributed by atoms with Gasteiger partial charge in [-0.25, -0.2) is 0 Å². The van der Waals surface area contributed by atoms with Gasteiger partial charge in [0.15, 0.2) is 0 Å². The molecule has 1 unspecified atom stereocenters. The van der Waals surface area contributed by atoms with Crippen LogP contribution in [0.4, 0.5) is 0 Å². The molecule has 19 heavy (non-hydrogen) atoms. The largest absolute Gasteiger partial charge is 0.386 e. The lowest BCUT2D eigenvalue weighted by Crippen LogP contribution is -2.19. The first-order valence-corrected chi connectivity index (χ1v) is 6.16. The lowest BCUT2D eigenvalue weighted by atomic mass is 9.91. The van der Waals surface area contributed by atoms with Crippen LogP contribution in [0.5, 0.6) is 0 Å². The van der Waals surface area contributed by atoms with Crippen molar-refractivity contribution in [1.29, 1.82) is 0 Å². The van der Waals surface area contributed by atoms with E-state index < -0.39 is 11.7 Å². The van der Waals surface area contributed by atoms with E-state index in [-0.39, 0.29) is 0 Å². The Morgan fingerprint density at radius 2 is 2.05 bits per heavy atom. The van der Waals surface area contributed by atoms with Gasteiger partial charge in [-0.3, -0.25) is 9.97 Å². The normalized spacial score (nSPS) is 13.3. The molecule has 0 amide bonds. The number of rotatable bonds is 4. The summed E-state index contributed by atoms with van der Waals surface area (Å²) >= 11 is 0. The van der Waals surface area contributed by atoms with Gasteiger partial charge in [-0.05, 0) is 43.2 Å². The molecule has 0 aromatic carbocycles. The SMILES string of the molecule is CC(C)(O)c1ccn[c]c1CC(O)c1ccccn1. The number of pyridine rings is 2. The molecule has 2 heterocycles. The summed E-state index contributed by atoms with van der Waals surface area (Å²) in [5.41, 5.74) is 1.03. The fourth-order valence-electron chi connectivity index (χ4n) is 1.99. The minimum atomic E-state index is -0.987. The highest BCUT2D eigenvalue weighted by molar-refractivity contribution is 5.29. The first-order valence-electron chi connectivity index (χ1n) is 6.16. The van der Waals surface area contributed by atoms with Gasteiger partial charge in [0, 0.05) is 18.8 Å². The van der Waals surface area contributed by atoms with Crippen molar-refractivity contribution >= 4 is 0 Å². The summed E-state index contributed by atoms with van der Waals surface area (Å²) in [4.78, 5) is 8.06. The second kappa shape index (κ2) is 5.47. The number of nitrogens with zero attached hydrogens (tertiary/aromatic N) is 2. The molecule has 0 aliphatic carbocycles. The number of hydrogen-bond donors (Lipinski definition) is 2. The maximum Gasteiger partial charge on any atom is 0.100 e. The Labute approximate surface area is 112 Å². The van der Waals surface area contributed by atoms with Crippen molar-refractivity contribution in [3.63, 3.8) is 0 Å². The van der Waals surface area contributed by atoms with E-state index in [0.29, 0.717) is 17.7 Å². The van der Waals surface area contributed by atoms with Crippen LogP contribution in [0.15, 0.2) is 36.7 Å². The van der Waals surface area contributed by atoms with E-state index in [4.69, 9.17) is 0 Å². The van der Waals surface area contributed by atoms with Crippen LogP contribution < -0.4 is 0 Å².